The smallest absolute Gasteiger partial charge is 0.303 e. The second-order valence-electron chi connectivity index (χ2n) is 7.34. The molecule has 1 fully saturated rings. The molecule has 1 unspecified atom stereocenters. The predicted octanol–water partition coefficient (Wildman–Crippen LogP) is 3.78. The first kappa shape index (κ1) is 22.4. The Hall–Kier alpha value is -3.30. The second-order valence-corrected chi connectivity index (χ2v) is 7.34. The van der Waals surface area contributed by atoms with E-state index in [2.05, 4.69) is 17.2 Å². The molecule has 31 heavy (non-hydrogen) atoms. The fraction of sp³-hybridized carbons (Fsp3) is 0.360. The molecule has 6 nitrogen and oxygen atoms in total. The number of carboxylic acids is 1. The molecule has 1 aliphatic rings. The van der Waals surface area contributed by atoms with Gasteiger partial charge in [-0.3, -0.25) is 9.59 Å². The van der Waals surface area contributed by atoms with Crippen molar-refractivity contribution in [3.05, 3.63) is 65.2 Å². The van der Waals surface area contributed by atoms with Crippen LogP contribution in [-0.2, 0) is 16.1 Å². The number of para-hydroxylation sites is 1. The number of carbonyl (C=O) groups excluding carboxylic acids is 1. The molecule has 2 aromatic carbocycles. The van der Waals surface area contributed by atoms with Gasteiger partial charge in [0.15, 0.2) is 0 Å². The molecule has 3 rings (SSSR count). The minimum atomic E-state index is -0.771. The van der Waals surface area contributed by atoms with Gasteiger partial charge in [0, 0.05) is 36.1 Å². The molecule has 0 radical (unpaired) electrons. The summed E-state index contributed by atoms with van der Waals surface area (Å²) in [6.07, 6.45) is 3.44. The topological polar surface area (TPSA) is 84.9 Å². The number of aliphatic carboxylic acids is 1. The summed E-state index contributed by atoms with van der Waals surface area (Å²) in [5.74, 6) is 5.91. The van der Waals surface area contributed by atoms with E-state index in [9.17, 15) is 9.59 Å². The van der Waals surface area contributed by atoms with Crippen LogP contribution in [-0.4, -0.2) is 36.3 Å². The number of unbranched alkanes of at least 4 members (excludes halogenated alkanes) is 2. The van der Waals surface area contributed by atoms with Crippen LogP contribution in [0.3, 0.4) is 0 Å². The first-order valence-corrected chi connectivity index (χ1v) is 10.6. The van der Waals surface area contributed by atoms with Gasteiger partial charge in [-0.2, -0.15) is 0 Å². The van der Waals surface area contributed by atoms with E-state index in [0.717, 1.165) is 42.7 Å². The van der Waals surface area contributed by atoms with Gasteiger partial charge >= 0.3 is 5.97 Å². The van der Waals surface area contributed by atoms with E-state index in [1.807, 2.05) is 36.4 Å². The summed E-state index contributed by atoms with van der Waals surface area (Å²) in [7, 11) is 0. The molecular formula is C25H27NO5. The van der Waals surface area contributed by atoms with Crippen LogP contribution in [0.15, 0.2) is 48.5 Å². The Morgan fingerprint density at radius 2 is 1.87 bits per heavy atom. The lowest BCUT2D eigenvalue weighted by Crippen LogP contribution is -2.24. The average Bonchev–Trinajstić information content (AvgIpc) is 2.74. The van der Waals surface area contributed by atoms with Gasteiger partial charge in [-0.05, 0) is 49.6 Å². The summed E-state index contributed by atoms with van der Waals surface area (Å²) in [4.78, 5) is 23.0. The number of ether oxygens (including phenoxy) is 2. The molecule has 6 heteroatoms. The number of nitrogens with one attached hydrogen (secondary N) is 1. The zero-order valence-electron chi connectivity index (χ0n) is 17.4. The van der Waals surface area contributed by atoms with Gasteiger partial charge in [0.1, 0.15) is 11.9 Å². The quantitative estimate of drug-likeness (QED) is 0.451. The Morgan fingerprint density at radius 3 is 2.58 bits per heavy atom. The molecule has 0 bridgehead atoms. The zero-order valence-corrected chi connectivity index (χ0v) is 17.4. The highest BCUT2D eigenvalue weighted by Crippen LogP contribution is 2.18. The molecule has 0 spiro atoms. The third-order valence-corrected chi connectivity index (χ3v) is 4.93. The van der Waals surface area contributed by atoms with E-state index in [1.165, 1.54) is 0 Å². The van der Waals surface area contributed by atoms with Crippen molar-refractivity contribution in [2.24, 2.45) is 0 Å². The van der Waals surface area contributed by atoms with Crippen molar-refractivity contribution in [1.82, 2.24) is 5.32 Å². The second kappa shape index (κ2) is 11.8. The lowest BCUT2D eigenvalue weighted by Gasteiger charge is -2.20. The Morgan fingerprint density at radius 1 is 1.10 bits per heavy atom. The van der Waals surface area contributed by atoms with Crippen LogP contribution in [0.5, 0.6) is 5.75 Å². The van der Waals surface area contributed by atoms with Crippen molar-refractivity contribution in [1.29, 1.82) is 0 Å². The normalized spacial score (nSPS) is 14.6. The number of benzene rings is 2. The maximum absolute atomic E-state index is 12.5. The van der Waals surface area contributed by atoms with Gasteiger partial charge in [0.25, 0.3) is 5.91 Å². The molecule has 162 valence electrons. The summed E-state index contributed by atoms with van der Waals surface area (Å²) in [6, 6.07) is 14.8. The van der Waals surface area contributed by atoms with Gasteiger partial charge in [0.05, 0.1) is 13.2 Å². The van der Waals surface area contributed by atoms with Gasteiger partial charge < -0.3 is 19.9 Å². The van der Waals surface area contributed by atoms with E-state index < -0.39 is 5.97 Å². The molecule has 1 saturated heterocycles. The number of carboxylic acid groups (broad SMARTS) is 1. The molecule has 0 aliphatic carbocycles. The van der Waals surface area contributed by atoms with Crippen molar-refractivity contribution in [3.63, 3.8) is 0 Å². The van der Waals surface area contributed by atoms with Crippen LogP contribution in [0, 0.1) is 11.8 Å². The van der Waals surface area contributed by atoms with Crippen LogP contribution in [0.2, 0.25) is 0 Å². The molecule has 2 N–H and O–H groups in total. The maximum Gasteiger partial charge on any atom is 0.303 e. The molecule has 1 atom stereocenters. The SMILES string of the molecule is O=C(O)CCCCCOc1ccccc1CNC(=O)c1ccc(C#CC2CCO2)cc1. The monoisotopic (exact) mass is 421 g/mol. The Labute approximate surface area is 182 Å². The summed E-state index contributed by atoms with van der Waals surface area (Å²) >= 11 is 0. The maximum atomic E-state index is 12.5. The van der Waals surface area contributed by atoms with Crippen LogP contribution < -0.4 is 10.1 Å². The summed E-state index contributed by atoms with van der Waals surface area (Å²) in [5.41, 5.74) is 2.32. The van der Waals surface area contributed by atoms with Crippen LogP contribution in [0.4, 0.5) is 0 Å². The van der Waals surface area contributed by atoms with Crippen LogP contribution in [0.25, 0.3) is 0 Å². The first-order valence-electron chi connectivity index (χ1n) is 10.6. The number of hydrogen-bond donors (Lipinski definition) is 2. The molecule has 0 saturated carbocycles. The van der Waals surface area contributed by atoms with Gasteiger partial charge in [-0.25, -0.2) is 0 Å². The largest absolute Gasteiger partial charge is 0.493 e. The van der Waals surface area contributed by atoms with E-state index in [0.29, 0.717) is 25.1 Å². The number of amides is 1. The Bertz CT molecular complexity index is 938. The van der Waals surface area contributed by atoms with E-state index in [4.69, 9.17) is 14.6 Å². The summed E-state index contributed by atoms with van der Waals surface area (Å²) in [6.45, 7) is 1.65. The number of carbonyl (C=O) groups is 2. The Balaban J connectivity index is 1.46. The molecule has 0 aromatic heterocycles. The minimum absolute atomic E-state index is 0.0370. The number of rotatable bonds is 10. The zero-order chi connectivity index (χ0) is 21.9. The molecule has 1 amide bonds. The molecule has 1 heterocycles. The van der Waals surface area contributed by atoms with Crippen molar-refractivity contribution < 1.29 is 24.2 Å². The summed E-state index contributed by atoms with van der Waals surface area (Å²) < 4.78 is 11.1. The highest BCUT2D eigenvalue weighted by Gasteiger charge is 2.14. The average molecular weight is 421 g/mol. The highest BCUT2D eigenvalue weighted by atomic mass is 16.5. The van der Waals surface area contributed by atoms with Crippen LogP contribution >= 0.6 is 0 Å². The van der Waals surface area contributed by atoms with Crippen molar-refractivity contribution in [2.45, 2.75) is 44.8 Å². The van der Waals surface area contributed by atoms with Gasteiger partial charge in [-0.1, -0.05) is 30.0 Å². The predicted molar refractivity (Wildman–Crippen MR) is 117 cm³/mol. The van der Waals surface area contributed by atoms with E-state index in [1.54, 1.807) is 12.1 Å². The fourth-order valence-electron chi connectivity index (χ4n) is 3.02. The first-order chi connectivity index (χ1) is 15.1. The fourth-order valence-corrected chi connectivity index (χ4v) is 3.02. The van der Waals surface area contributed by atoms with E-state index >= 15 is 0 Å². The lowest BCUT2D eigenvalue weighted by molar-refractivity contribution is -0.137. The third kappa shape index (κ3) is 7.47. The lowest BCUT2D eigenvalue weighted by atomic mass is 10.1. The minimum Gasteiger partial charge on any atom is -0.493 e. The molecular weight excluding hydrogens is 394 g/mol. The van der Waals surface area contributed by atoms with Crippen molar-refractivity contribution >= 4 is 11.9 Å². The van der Waals surface area contributed by atoms with Gasteiger partial charge in [-0.15, -0.1) is 0 Å². The molecule has 2 aromatic rings. The van der Waals surface area contributed by atoms with E-state index in [-0.39, 0.29) is 18.4 Å². The van der Waals surface area contributed by atoms with Crippen molar-refractivity contribution in [2.75, 3.05) is 13.2 Å². The molecule has 1 aliphatic heterocycles. The highest BCUT2D eigenvalue weighted by molar-refractivity contribution is 5.94. The number of hydrogen-bond acceptors (Lipinski definition) is 4. The van der Waals surface area contributed by atoms with Crippen molar-refractivity contribution in [3.8, 4) is 17.6 Å². The standard InChI is InChI=1S/C25H27NO5/c27-24(28)8-2-1-5-16-31-23-7-4-3-6-21(23)18-26-25(29)20-12-9-19(10-13-20)11-14-22-15-17-30-22/h3-4,6-7,9-10,12-13,22H,1-2,5,8,15-18H2,(H,26,29)(H,27,28). The summed E-state index contributed by atoms with van der Waals surface area (Å²) in [5, 5.41) is 11.6. The van der Waals surface area contributed by atoms with Gasteiger partial charge in [0.2, 0.25) is 0 Å². The third-order valence-electron chi connectivity index (χ3n) is 4.93. The van der Waals surface area contributed by atoms with Crippen LogP contribution in [0.1, 0.15) is 53.6 Å². The Kier molecular flexibility index (Phi) is 8.50.